The highest BCUT2D eigenvalue weighted by Crippen LogP contribution is 1.98. The maximum atomic E-state index is 11.4. The summed E-state index contributed by atoms with van der Waals surface area (Å²) in [4.78, 5) is 11.4. The van der Waals surface area contributed by atoms with Crippen molar-refractivity contribution >= 4 is 21.7 Å². The fraction of sp³-hybridized carbons (Fsp3) is 0.429. The van der Waals surface area contributed by atoms with E-state index < -0.39 is 10.0 Å². The van der Waals surface area contributed by atoms with E-state index in [1.54, 1.807) is 0 Å². The fourth-order valence-electron chi connectivity index (χ4n) is 0.961. The molecule has 0 bridgehead atoms. The van der Waals surface area contributed by atoms with Crippen LogP contribution in [0, 0.1) is 0 Å². The van der Waals surface area contributed by atoms with Crippen LogP contribution in [0.4, 0.5) is 5.82 Å². The number of nitrogens with two attached hydrogens (primary N) is 1. The molecule has 9 heteroatoms. The molecule has 0 fully saturated rings. The highest BCUT2D eigenvalue weighted by Gasteiger charge is 2.07. The lowest BCUT2D eigenvalue weighted by Crippen LogP contribution is -2.34. The van der Waals surface area contributed by atoms with Gasteiger partial charge in [-0.1, -0.05) is 0 Å². The van der Waals surface area contributed by atoms with Crippen LogP contribution in [0.2, 0.25) is 0 Å². The summed E-state index contributed by atoms with van der Waals surface area (Å²) in [6.07, 6.45) is 1.05. The van der Waals surface area contributed by atoms with Gasteiger partial charge in [0.05, 0.1) is 6.26 Å². The van der Waals surface area contributed by atoms with Crippen molar-refractivity contribution in [2.24, 2.45) is 0 Å². The third kappa shape index (κ3) is 4.28. The Morgan fingerprint density at radius 3 is 2.75 bits per heavy atom. The van der Waals surface area contributed by atoms with Crippen LogP contribution in [-0.4, -0.2) is 43.9 Å². The Morgan fingerprint density at radius 2 is 2.25 bits per heavy atom. The zero-order valence-electron chi connectivity index (χ0n) is 8.65. The van der Waals surface area contributed by atoms with Crippen molar-refractivity contribution in [3.05, 3.63) is 11.8 Å². The van der Waals surface area contributed by atoms with E-state index in [1.165, 1.54) is 6.07 Å². The molecule has 16 heavy (non-hydrogen) atoms. The van der Waals surface area contributed by atoms with E-state index in [-0.39, 0.29) is 30.5 Å². The number of nitrogens with one attached hydrogen (secondary N) is 3. The van der Waals surface area contributed by atoms with Gasteiger partial charge in [0.1, 0.15) is 11.5 Å². The second-order valence-electron chi connectivity index (χ2n) is 3.13. The molecule has 0 atom stereocenters. The van der Waals surface area contributed by atoms with Gasteiger partial charge in [-0.3, -0.25) is 9.89 Å². The molecule has 0 saturated heterocycles. The van der Waals surface area contributed by atoms with E-state index in [1.807, 2.05) is 0 Å². The second-order valence-corrected chi connectivity index (χ2v) is 4.96. The lowest BCUT2D eigenvalue weighted by atomic mass is 10.4. The largest absolute Gasteiger partial charge is 0.382 e. The molecule has 90 valence electrons. The zero-order valence-corrected chi connectivity index (χ0v) is 9.47. The Morgan fingerprint density at radius 1 is 1.56 bits per heavy atom. The number of hydrogen-bond acceptors (Lipinski definition) is 5. The van der Waals surface area contributed by atoms with Crippen molar-refractivity contribution in [2.75, 3.05) is 25.1 Å². The van der Waals surface area contributed by atoms with Crippen LogP contribution in [0.1, 0.15) is 10.5 Å². The number of aromatic nitrogens is 2. The summed E-state index contributed by atoms with van der Waals surface area (Å²) in [5.41, 5.74) is 5.55. The van der Waals surface area contributed by atoms with E-state index in [2.05, 4.69) is 20.2 Å². The molecular weight excluding hydrogens is 234 g/mol. The number of nitrogens with zero attached hydrogens (tertiary/aromatic N) is 1. The van der Waals surface area contributed by atoms with Gasteiger partial charge in [-0.25, -0.2) is 13.1 Å². The first-order valence-corrected chi connectivity index (χ1v) is 6.31. The lowest BCUT2D eigenvalue weighted by Gasteiger charge is -2.03. The van der Waals surface area contributed by atoms with Crippen molar-refractivity contribution in [3.63, 3.8) is 0 Å². The fourth-order valence-corrected chi connectivity index (χ4v) is 1.43. The first-order chi connectivity index (χ1) is 7.38. The number of carbonyl (C=O) groups is 1. The molecule has 1 rings (SSSR count). The molecule has 0 radical (unpaired) electrons. The number of amides is 1. The van der Waals surface area contributed by atoms with Gasteiger partial charge in [-0.05, 0) is 0 Å². The van der Waals surface area contributed by atoms with E-state index in [0.29, 0.717) is 0 Å². The average molecular weight is 247 g/mol. The molecule has 0 saturated carbocycles. The summed E-state index contributed by atoms with van der Waals surface area (Å²) < 4.78 is 23.6. The molecule has 1 heterocycles. The third-order valence-electron chi connectivity index (χ3n) is 1.62. The summed E-state index contributed by atoms with van der Waals surface area (Å²) in [7, 11) is -3.22. The van der Waals surface area contributed by atoms with Gasteiger partial charge < -0.3 is 11.1 Å². The Balaban J connectivity index is 2.31. The minimum Gasteiger partial charge on any atom is -0.382 e. The highest BCUT2D eigenvalue weighted by atomic mass is 32.2. The van der Waals surface area contributed by atoms with Crippen LogP contribution >= 0.6 is 0 Å². The monoisotopic (exact) mass is 247 g/mol. The van der Waals surface area contributed by atoms with Crippen molar-refractivity contribution in [1.82, 2.24) is 20.2 Å². The smallest absolute Gasteiger partial charge is 0.269 e. The van der Waals surface area contributed by atoms with Gasteiger partial charge in [0, 0.05) is 19.2 Å². The standard InChI is InChI=1S/C7H13N5O3S/c1-16(14,15)10-3-2-9-7(13)5-4-6(8)12-11-5/h4,10H,2-3H2,1H3,(H,9,13)(H3,8,11,12). The first kappa shape index (κ1) is 12.5. The summed E-state index contributed by atoms with van der Waals surface area (Å²) >= 11 is 0. The van der Waals surface area contributed by atoms with Crippen LogP contribution < -0.4 is 15.8 Å². The van der Waals surface area contributed by atoms with Crippen molar-refractivity contribution in [2.45, 2.75) is 0 Å². The SMILES string of the molecule is CS(=O)(=O)NCCNC(=O)c1cc(N)n[nH]1. The first-order valence-electron chi connectivity index (χ1n) is 4.42. The van der Waals surface area contributed by atoms with E-state index >= 15 is 0 Å². The van der Waals surface area contributed by atoms with Crippen LogP contribution in [-0.2, 0) is 10.0 Å². The molecule has 5 N–H and O–H groups in total. The van der Waals surface area contributed by atoms with Crippen molar-refractivity contribution in [3.8, 4) is 0 Å². The zero-order chi connectivity index (χ0) is 12.2. The molecule has 0 spiro atoms. The summed E-state index contributed by atoms with van der Waals surface area (Å²) in [5.74, 6) is -0.168. The van der Waals surface area contributed by atoms with Gasteiger partial charge in [0.15, 0.2) is 0 Å². The molecule has 8 nitrogen and oxygen atoms in total. The predicted octanol–water partition coefficient (Wildman–Crippen LogP) is -1.73. The normalized spacial score (nSPS) is 11.3. The van der Waals surface area contributed by atoms with Crippen LogP contribution in [0.25, 0.3) is 0 Å². The van der Waals surface area contributed by atoms with Crippen LogP contribution in [0.15, 0.2) is 6.07 Å². The van der Waals surface area contributed by atoms with Crippen molar-refractivity contribution in [1.29, 1.82) is 0 Å². The number of nitrogen functional groups attached to an aromatic ring is 1. The van der Waals surface area contributed by atoms with Crippen molar-refractivity contribution < 1.29 is 13.2 Å². The number of rotatable bonds is 5. The minimum absolute atomic E-state index is 0.133. The van der Waals surface area contributed by atoms with Crippen LogP contribution in [0.3, 0.4) is 0 Å². The average Bonchev–Trinajstić information content (AvgIpc) is 2.57. The quantitative estimate of drug-likeness (QED) is 0.459. The maximum absolute atomic E-state index is 11.4. The van der Waals surface area contributed by atoms with Gasteiger partial charge in [0.25, 0.3) is 5.91 Å². The van der Waals surface area contributed by atoms with E-state index in [4.69, 9.17) is 5.73 Å². The molecule has 0 aromatic carbocycles. The number of sulfonamides is 1. The molecule has 0 unspecified atom stereocenters. The minimum atomic E-state index is -3.22. The van der Waals surface area contributed by atoms with Gasteiger partial charge in [0.2, 0.25) is 10.0 Å². The van der Waals surface area contributed by atoms with Gasteiger partial charge in [-0.15, -0.1) is 0 Å². The highest BCUT2D eigenvalue weighted by molar-refractivity contribution is 7.88. The Bertz CT molecular complexity index is 466. The van der Waals surface area contributed by atoms with Gasteiger partial charge >= 0.3 is 0 Å². The number of carbonyl (C=O) groups excluding carboxylic acids is 1. The Hall–Kier alpha value is -1.61. The number of anilines is 1. The Labute approximate surface area is 92.7 Å². The molecule has 0 aliphatic carbocycles. The van der Waals surface area contributed by atoms with E-state index in [9.17, 15) is 13.2 Å². The predicted molar refractivity (Wildman–Crippen MR) is 58.2 cm³/mol. The number of hydrogen-bond donors (Lipinski definition) is 4. The lowest BCUT2D eigenvalue weighted by molar-refractivity contribution is 0.0949. The third-order valence-corrected chi connectivity index (χ3v) is 2.35. The maximum Gasteiger partial charge on any atom is 0.269 e. The second kappa shape index (κ2) is 4.94. The molecule has 0 aliphatic rings. The summed E-state index contributed by atoms with van der Waals surface area (Å²) in [6, 6.07) is 1.39. The van der Waals surface area contributed by atoms with Crippen LogP contribution in [0.5, 0.6) is 0 Å². The van der Waals surface area contributed by atoms with E-state index in [0.717, 1.165) is 6.26 Å². The van der Waals surface area contributed by atoms with Gasteiger partial charge in [-0.2, -0.15) is 5.10 Å². The molecule has 1 aromatic heterocycles. The molecule has 1 amide bonds. The number of aromatic amines is 1. The molecule has 1 aromatic rings. The Kier molecular flexibility index (Phi) is 3.85. The molecular formula is C7H13N5O3S. The summed E-state index contributed by atoms with van der Waals surface area (Å²) in [6.45, 7) is 0.318. The number of H-pyrrole nitrogens is 1. The summed E-state index contributed by atoms with van der Waals surface area (Å²) in [5, 5.41) is 8.51. The topological polar surface area (TPSA) is 130 Å². The molecule has 0 aliphatic heterocycles.